The molecule has 2 aromatic carbocycles. The molecule has 0 spiro atoms. The van der Waals surface area contributed by atoms with Crippen LogP contribution in [0.2, 0.25) is 160 Å². The summed E-state index contributed by atoms with van der Waals surface area (Å²) in [7, 11) is -8.37. The Balaban J connectivity index is 2.45. The average molecular weight is 1110 g/mol. The fraction of sp³-hybridized carbons (Fsp3) is 0.698. The molecule has 2 bridgehead atoms. The van der Waals surface area contributed by atoms with Crippen molar-refractivity contribution < 1.29 is 0 Å². The molecule has 0 N–H and O–H groups in total. The molecule has 2 unspecified atom stereocenters. The van der Waals surface area contributed by atoms with Gasteiger partial charge in [0.1, 0.15) is 0 Å². The maximum atomic E-state index is 5.72. The first-order chi connectivity index (χ1) is 24.4. The van der Waals surface area contributed by atoms with Crippen LogP contribution in [0.5, 0.6) is 0 Å². The molecule has 1 nitrogen and oxygen atoms in total. The van der Waals surface area contributed by atoms with Gasteiger partial charge in [-0.25, -0.2) is 0 Å². The van der Waals surface area contributed by atoms with E-state index >= 15 is 0 Å². The molecule has 2 aromatic rings. The summed E-state index contributed by atoms with van der Waals surface area (Å²) in [5, 5.41) is 2.27. The molecular formula is C43H85NPbS2Si8. The molecule has 2 atom stereocenters. The summed E-state index contributed by atoms with van der Waals surface area (Å²) in [5.41, 5.74) is 8.55. The topological polar surface area (TPSA) is 12.4 Å². The van der Waals surface area contributed by atoms with E-state index in [0.717, 1.165) is 18.2 Å². The monoisotopic (exact) mass is 1110 g/mol. The molecule has 3 heterocycles. The number of nitrogens with zero attached hydrogens (tertiary/aromatic N) is 1. The molecule has 55 heavy (non-hydrogen) atoms. The quantitative estimate of drug-likeness (QED) is 0.138. The van der Waals surface area contributed by atoms with Crippen molar-refractivity contribution in [3.05, 3.63) is 59.2 Å². The number of hydrogen-bond acceptors (Lipinski definition) is 3. The van der Waals surface area contributed by atoms with E-state index in [1.807, 2.05) is 11.1 Å². The molecule has 0 saturated carbocycles. The van der Waals surface area contributed by atoms with Gasteiger partial charge in [-0.15, -0.1) is 0 Å². The summed E-state index contributed by atoms with van der Waals surface area (Å²) in [6.45, 7) is 66.5. The van der Waals surface area contributed by atoms with E-state index in [9.17, 15) is 0 Å². The van der Waals surface area contributed by atoms with Crippen molar-refractivity contribution in [2.24, 2.45) is 4.99 Å². The molecule has 0 radical (unpaired) electrons. The van der Waals surface area contributed by atoms with Gasteiger partial charge in [-0.05, 0) is 0 Å². The van der Waals surface area contributed by atoms with Crippen molar-refractivity contribution in [2.75, 3.05) is 0 Å². The van der Waals surface area contributed by atoms with Crippen molar-refractivity contribution >= 4 is 122 Å². The predicted octanol–water partition coefficient (Wildman–Crippen LogP) is 15.0. The molecule has 3 fully saturated rings. The van der Waals surface area contributed by atoms with Crippen LogP contribution in [-0.4, -0.2) is 97.1 Å². The molecule has 3 saturated heterocycles. The van der Waals surface area contributed by atoms with Crippen LogP contribution in [0.15, 0.2) is 47.5 Å². The molecule has 0 aliphatic carbocycles. The molecule has 3 aliphatic heterocycles. The Morgan fingerprint density at radius 2 is 0.782 bits per heavy atom. The van der Waals surface area contributed by atoms with Crippen LogP contribution in [0, 0.1) is 0 Å². The summed E-state index contributed by atoms with van der Waals surface area (Å²) in [5.74, 6) is 0. The Morgan fingerprint density at radius 1 is 0.455 bits per heavy atom. The molecule has 3 aliphatic rings. The summed E-state index contributed by atoms with van der Waals surface area (Å²) >= 11 is -3.72. The third-order valence-electron chi connectivity index (χ3n) is 12.7. The van der Waals surface area contributed by atoms with Crippen LogP contribution in [0.4, 0.5) is 5.69 Å². The zero-order valence-corrected chi connectivity index (χ0v) is 53.8. The molecule has 310 valence electrons. The second-order valence-electron chi connectivity index (χ2n) is 26.5. The van der Waals surface area contributed by atoms with E-state index in [-0.39, 0.29) is 0 Å². The fourth-order valence-corrected chi connectivity index (χ4v) is 157. The second kappa shape index (κ2) is 16.0. The third kappa shape index (κ3) is 9.91. The minimum absolute atomic E-state index is 0.659. The van der Waals surface area contributed by atoms with Crippen LogP contribution >= 0.6 is 21.6 Å². The maximum absolute atomic E-state index is 5.72. The van der Waals surface area contributed by atoms with E-state index in [1.54, 1.807) is 11.3 Å². The normalized spacial score (nSPS) is 22.0. The van der Waals surface area contributed by atoms with Gasteiger partial charge in [0.15, 0.2) is 0 Å². The van der Waals surface area contributed by atoms with Gasteiger partial charge in [-0.1, -0.05) is 0 Å². The van der Waals surface area contributed by atoms with Crippen LogP contribution in [0.3, 0.4) is 0 Å². The van der Waals surface area contributed by atoms with Crippen LogP contribution < -0.4 is 3.12 Å². The summed E-state index contributed by atoms with van der Waals surface area (Å²) in [4.78, 5) is 5.72. The van der Waals surface area contributed by atoms with E-state index in [0.29, 0.717) is 5.62 Å². The number of para-hydroxylation sites is 1. The molecule has 0 aromatic heterocycles. The van der Waals surface area contributed by atoms with Crippen molar-refractivity contribution in [3.63, 3.8) is 0 Å². The van der Waals surface area contributed by atoms with Crippen molar-refractivity contribution in [1.29, 1.82) is 0 Å². The van der Waals surface area contributed by atoms with E-state index < -0.39 is 85.8 Å². The molecule has 5 rings (SSSR count). The molecule has 0 amide bonds. The van der Waals surface area contributed by atoms with Gasteiger partial charge in [0.05, 0.1) is 0 Å². The van der Waals surface area contributed by atoms with Gasteiger partial charge in [-0.3, -0.25) is 0 Å². The fourth-order valence-electron chi connectivity index (χ4n) is 13.8. The average Bonchev–Trinajstić information content (AvgIpc) is 3.48. The first-order valence-corrected chi connectivity index (χ1v) is 61.1. The van der Waals surface area contributed by atoms with Crippen molar-refractivity contribution in [3.8, 4) is 0 Å². The Hall–Kier alpha value is 1.47. The minimum atomic E-state index is -3.72. The third-order valence-corrected chi connectivity index (χ3v) is 112. The van der Waals surface area contributed by atoms with E-state index in [1.165, 1.54) is 5.69 Å². The van der Waals surface area contributed by atoms with Crippen LogP contribution in [0.1, 0.15) is 32.2 Å². The summed E-state index contributed by atoms with van der Waals surface area (Å²) in [6.07, 6.45) is 0. The summed E-state index contributed by atoms with van der Waals surface area (Å²) in [6, 6.07) is 17.2. The van der Waals surface area contributed by atoms with Gasteiger partial charge in [0, 0.05) is 0 Å². The van der Waals surface area contributed by atoms with E-state index in [2.05, 4.69) is 224 Å². The van der Waals surface area contributed by atoms with Crippen molar-refractivity contribution in [2.45, 2.75) is 181 Å². The molecule has 12 heteroatoms. The molecular weight excluding hydrogens is 1030 g/mol. The SMILES string of the molecule is C[Si](C)(C)C(c1cc(C([Si](C)(C)C)[Si](C)(C)C)[c]([Pb]2([CH]([Si](C)(C)C)[Si](C)(C)C)[CH]3SS[CH]2C3=Nc2ccccc2)c(C([Si](C)(C)C)[Si](C)(C)C)c1)[Si](C)(C)C. The van der Waals surface area contributed by atoms with Gasteiger partial charge in [0.2, 0.25) is 0 Å². The van der Waals surface area contributed by atoms with Crippen molar-refractivity contribution in [1.82, 2.24) is 0 Å². The number of aliphatic imine (C=N–C) groups is 1. The van der Waals surface area contributed by atoms with Gasteiger partial charge in [0.25, 0.3) is 0 Å². The zero-order chi connectivity index (χ0) is 42.5. The number of benzene rings is 2. The van der Waals surface area contributed by atoms with Crippen LogP contribution in [-0.2, 0) is 0 Å². The van der Waals surface area contributed by atoms with E-state index in [4.69, 9.17) is 4.99 Å². The predicted molar refractivity (Wildman–Crippen MR) is 287 cm³/mol. The number of hydrogen-bond donors (Lipinski definition) is 0. The standard InChI is InChI=1S/C27H59Si6.C9H7NS2.C7H19Si2.Pb/c1-28(2,3)25(29(4,5)6)22-19-23(26(30(7,8)9)31(10,11)12)21-24(20-22)27(32(13,14)15)33(16,17)18;1-2-4-8(5-3-1)10-9-6-11-12-7-9;1-8(2,3)7-9(4,5)6;/h19-20,25-27H,1-18H3;1-7H;7H,1-6H3;. The first-order valence-electron chi connectivity index (χ1n) is 21.5. The van der Waals surface area contributed by atoms with Crippen LogP contribution in [0.25, 0.3) is 0 Å². The Morgan fingerprint density at radius 3 is 1.07 bits per heavy atom. The van der Waals surface area contributed by atoms with Gasteiger partial charge in [-0.2, -0.15) is 0 Å². The second-order valence-corrected chi connectivity index (χ2v) is 97.4. The van der Waals surface area contributed by atoms with Gasteiger partial charge < -0.3 is 0 Å². The number of fused-ring (bicyclic) bond motifs is 1. The Labute approximate surface area is 363 Å². The zero-order valence-electron chi connectivity index (χ0n) is 40.3. The van der Waals surface area contributed by atoms with Gasteiger partial charge >= 0.3 is 367 Å². The Kier molecular flexibility index (Phi) is 14.3. The summed E-state index contributed by atoms with van der Waals surface area (Å²) < 4.78 is 4.44. The first kappa shape index (κ1) is 49.1. The number of rotatable bonds is 14. The Bertz CT molecular complexity index is 1600.